The van der Waals surface area contributed by atoms with Crippen molar-refractivity contribution in [2.45, 2.75) is 26.2 Å². The van der Waals surface area contributed by atoms with Crippen molar-refractivity contribution in [1.82, 2.24) is 0 Å². The molecule has 1 rings (SSSR count). The summed E-state index contributed by atoms with van der Waals surface area (Å²) in [5, 5.41) is 8.61. The van der Waals surface area contributed by atoms with Crippen LogP contribution in [0.2, 0.25) is 0 Å². The molecule has 1 aromatic rings. The number of aryl methyl sites for hydroxylation is 1. The number of carbonyl (C=O) groups is 2. The largest absolute Gasteiger partial charge is 0.493 e. The molecule has 0 unspecified atom stereocenters. The van der Waals surface area contributed by atoms with Crippen LogP contribution in [0.1, 0.15) is 25.3 Å². The quantitative estimate of drug-likeness (QED) is 0.619. The predicted octanol–water partition coefficient (Wildman–Crippen LogP) is 2.03. The standard InChI is InChI=1S/C13H16O5/c1-3-13(16)18-10-6-4-9(5-7-12(14)15)8-11(10)17-2/h4,6,8H,3,5,7H2,1-2H3,(H,14,15). The van der Waals surface area contributed by atoms with E-state index in [9.17, 15) is 9.59 Å². The summed E-state index contributed by atoms with van der Waals surface area (Å²) in [6, 6.07) is 5.02. The first-order valence-corrected chi connectivity index (χ1v) is 5.66. The average molecular weight is 252 g/mol. The van der Waals surface area contributed by atoms with E-state index in [-0.39, 0.29) is 18.8 Å². The van der Waals surface area contributed by atoms with Gasteiger partial charge < -0.3 is 14.6 Å². The Morgan fingerprint density at radius 2 is 2.00 bits per heavy atom. The summed E-state index contributed by atoms with van der Waals surface area (Å²) in [5.74, 6) is -0.412. The van der Waals surface area contributed by atoms with E-state index in [2.05, 4.69) is 0 Å². The summed E-state index contributed by atoms with van der Waals surface area (Å²) in [6.45, 7) is 1.70. The molecule has 18 heavy (non-hydrogen) atoms. The first-order valence-electron chi connectivity index (χ1n) is 5.66. The maximum Gasteiger partial charge on any atom is 0.311 e. The highest BCUT2D eigenvalue weighted by Gasteiger charge is 2.10. The molecule has 0 aliphatic heterocycles. The lowest BCUT2D eigenvalue weighted by Crippen LogP contribution is -2.07. The number of carbonyl (C=O) groups excluding carboxylic acids is 1. The number of ether oxygens (including phenoxy) is 2. The first kappa shape index (κ1) is 14.0. The Labute approximate surface area is 105 Å². The zero-order valence-electron chi connectivity index (χ0n) is 10.4. The van der Waals surface area contributed by atoms with Gasteiger partial charge in [0.1, 0.15) is 0 Å². The highest BCUT2D eigenvalue weighted by atomic mass is 16.6. The molecular weight excluding hydrogens is 236 g/mol. The monoisotopic (exact) mass is 252 g/mol. The van der Waals surface area contributed by atoms with Gasteiger partial charge in [-0.25, -0.2) is 0 Å². The number of rotatable bonds is 6. The number of hydrogen-bond donors (Lipinski definition) is 1. The van der Waals surface area contributed by atoms with Gasteiger partial charge in [-0.1, -0.05) is 13.0 Å². The fourth-order valence-corrected chi connectivity index (χ4v) is 1.40. The second kappa shape index (κ2) is 6.64. The first-order chi connectivity index (χ1) is 8.56. The highest BCUT2D eigenvalue weighted by molar-refractivity contribution is 5.73. The number of carboxylic acids is 1. The molecule has 0 amide bonds. The van der Waals surface area contributed by atoms with Gasteiger partial charge in [-0.05, 0) is 24.1 Å². The molecule has 1 N–H and O–H groups in total. The van der Waals surface area contributed by atoms with Gasteiger partial charge >= 0.3 is 11.9 Å². The van der Waals surface area contributed by atoms with Gasteiger partial charge in [0.05, 0.1) is 7.11 Å². The smallest absolute Gasteiger partial charge is 0.311 e. The molecule has 0 spiro atoms. The van der Waals surface area contributed by atoms with Crippen molar-refractivity contribution < 1.29 is 24.2 Å². The number of aliphatic carboxylic acids is 1. The zero-order chi connectivity index (χ0) is 13.5. The topological polar surface area (TPSA) is 72.8 Å². The lowest BCUT2D eigenvalue weighted by molar-refractivity contribution is -0.137. The third kappa shape index (κ3) is 4.08. The highest BCUT2D eigenvalue weighted by Crippen LogP contribution is 2.28. The third-order valence-electron chi connectivity index (χ3n) is 2.37. The number of benzene rings is 1. The minimum Gasteiger partial charge on any atom is -0.493 e. The van der Waals surface area contributed by atoms with E-state index in [1.807, 2.05) is 0 Å². The van der Waals surface area contributed by atoms with Crippen LogP contribution in [0.5, 0.6) is 11.5 Å². The summed E-state index contributed by atoms with van der Waals surface area (Å²) in [7, 11) is 1.47. The minimum atomic E-state index is -0.851. The molecule has 0 fully saturated rings. The maximum atomic E-state index is 11.2. The molecule has 0 heterocycles. The zero-order valence-corrected chi connectivity index (χ0v) is 10.4. The van der Waals surface area contributed by atoms with Crippen molar-refractivity contribution in [1.29, 1.82) is 0 Å². The summed E-state index contributed by atoms with van der Waals surface area (Å²) < 4.78 is 10.2. The van der Waals surface area contributed by atoms with Gasteiger partial charge in [-0.3, -0.25) is 9.59 Å². The van der Waals surface area contributed by atoms with Crippen LogP contribution in [-0.2, 0) is 16.0 Å². The SMILES string of the molecule is CCC(=O)Oc1ccc(CCC(=O)O)cc1OC. The molecule has 0 aliphatic carbocycles. The lowest BCUT2D eigenvalue weighted by atomic mass is 10.1. The van der Waals surface area contributed by atoms with Gasteiger partial charge in [0.25, 0.3) is 0 Å². The van der Waals surface area contributed by atoms with Gasteiger partial charge in [0, 0.05) is 12.8 Å². The summed E-state index contributed by atoms with van der Waals surface area (Å²) in [4.78, 5) is 21.7. The third-order valence-corrected chi connectivity index (χ3v) is 2.37. The summed E-state index contributed by atoms with van der Waals surface area (Å²) in [6.07, 6.45) is 0.745. The van der Waals surface area contributed by atoms with Crippen LogP contribution in [0.25, 0.3) is 0 Å². The van der Waals surface area contributed by atoms with E-state index in [1.54, 1.807) is 25.1 Å². The van der Waals surface area contributed by atoms with E-state index >= 15 is 0 Å². The number of esters is 1. The van der Waals surface area contributed by atoms with Crippen molar-refractivity contribution in [3.8, 4) is 11.5 Å². The molecule has 0 radical (unpaired) electrons. The van der Waals surface area contributed by atoms with Crippen molar-refractivity contribution in [2.24, 2.45) is 0 Å². The van der Waals surface area contributed by atoms with E-state index in [0.717, 1.165) is 5.56 Å². The lowest BCUT2D eigenvalue weighted by Gasteiger charge is -2.10. The van der Waals surface area contributed by atoms with Crippen molar-refractivity contribution in [2.75, 3.05) is 7.11 Å². The molecule has 0 saturated heterocycles. The Kier molecular flexibility index (Phi) is 5.17. The van der Waals surface area contributed by atoms with Crippen LogP contribution in [0.15, 0.2) is 18.2 Å². The second-order valence-electron chi connectivity index (χ2n) is 3.71. The van der Waals surface area contributed by atoms with Gasteiger partial charge in [0.15, 0.2) is 11.5 Å². The van der Waals surface area contributed by atoms with E-state index in [1.165, 1.54) is 7.11 Å². The Hall–Kier alpha value is -2.04. The van der Waals surface area contributed by atoms with Crippen LogP contribution in [0.4, 0.5) is 0 Å². The summed E-state index contributed by atoms with van der Waals surface area (Å²) in [5.41, 5.74) is 0.825. The molecule has 0 atom stereocenters. The fraction of sp³-hybridized carbons (Fsp3) is 0.385. The molecule has 0 bridgehead atoms. The molecule has 0 aliphatic rings. The number of hydrogen-bond acceptors (Lipinski definition) is 4. The van der Waals surface area contributed by atoms with E-state index in [4.69, 9.17) is 14.6 Å². The van der Waals surface area contributed by atoms with Crippen LogP contribution < -0.4 is 9.47 Å². The molecule has 0 aromatic heterocycles. The molecule has 1 aromatic carbocycles. The van der Waals surface area contributed by atoms with Gasteiger partial charge in [-0.2, -0.15) is 0 Å². The molecule has 5 heteroatoms. The normalized spacial score (nSPS) is 9.89. The van der Waals surface area contributed by atoms with Crippen LogP contribution in [-0.4, -0.2) is 24.2 Å². The van der Waals surface area contributed by atoms with Crippen LogP contribution in [0, 0.1) is 0 Å². The second-order valence-corrected chi connectivity index (χ2v) is 3.71. The van der Waals surface area contributed by atoms with Crippen LogP contribution >= 0.6 is 0 Å². The Morgan fingerprint density at radius 1 is 1.28 bits per heavy atom. The minimum absolute atomic E-state index is 0.0528. The van der Waals surface area contributed by atoms with Crippen molar-refractivity contribution in [3.05, 3.63) is 23.8 Å². The summed E-state index contributed by atoms with van der Waals surface area (Å²) >= 11 is 0. The van der Waals surface area contributed by atoms with Crippen LogP contribution in [0.3, 0.4) is 0 Å². The molecule has 5 nitrogen and oxygen atoms in total. The van der Waals surface area contributed by atoms with Crippen molar-refractivity contribution >= 4 is 11.9 Å². The fourth-order valence-electron chi connectivity index (χ4n) is 1.40. The van der Waals surface area contributed by atoms with E-state index in [0.29, 0.717) is 17.9 Å². The predicted molar refractivity (Wildman–Crippen MR) is 64.9 cm³/mol. The van der Waals surface area contributed by atoms with E-state index < -0.39 is 5.97 Å². The molecule has 98 valence electrons. The Morgan fingerprint density at radius 3 is 2.56 bits per heavy atom. The van der Waals surface area contributed by atoms with Gasteiger partial charge in [0.2, 0.25) is 0 Å². The molecule has 0 saturated carbocycles. The maximum absolute atomic E-state index is 11.2. The number of carboxylic acid groups (broad SMARTS) is 1. The van der Waals surface area contributed by atoms with Crippen molar-refractivity contribution in [3.63, 3.8) is 0 Å². The van der Waals surface area contributed by atoms with Gasteiger partial charge in [-0.15, -0.1) is 0 Å². The molecular formula is C13H16O5. The Bertz CT molecular complexity index is 439. The number of methoxy groups -OCH3 is 1. The Balaban J connectivity index is 2.82. The average Bonchev–Trinajstić information content (AvgIpc) is 2.37.